The molecule has 1 aliphatic heterocycles. The normalized spacial score (nSPS) is 20.5. The van der Waals surface area contributed by atoms with Crippen molar-refractivity contribution in [1.82, 2.24) is 0 Å². The molecular weight excluding hydrogens is 208 g/mol. The standard InChI is InChI=1S/C15H24N2/c1-11-9-16-13-7-6-12(15(2,3)4)8-14(13)17(5)10-11/h6-8,11,16H,9-10H2,1-5H3. The van der Waals surface area contributed by atoms with E-state index in [4.69, 9.17) is 0 Å². The summed E-state index contributed by atoms with van der Waals surface area (Å²) < 4.78 is 0. The summed E-state index contributed by atoms with van der Waals surface area (Å²) in [5.74, 6) is 0.686. The molecule has 0 aromatic heterocycles. The van der Waals surface area contributed by atoms with Gasteiger partial charge in [-0.25, -0.2) is 0 Å². The maximum atomic E-state index is 3.54. The average molecular weight is 232 g/mol. The molecule has 0 bridgehead atoms. The topological polar surface area (TPSA) is 15.3 Å². The monoisotopic (exact) mass is 232 g/mol. The third-order valence-corrected chi connectivity index (χ3v) is 3.50. The lowest BCUT2D eigenvalue weighted by molar-refractivity contribution is 0.589. The van der Waals surface area contributed by atoms with Crippen LogP contribution >= 0.6 is 0 Å². The van der Waals surface area contributed by atoms with E-state index in [-0.39, 0.29) is 5.41 Å². The van der Waals surface area contributed by atoms with Gasteiger partial charge in [-0.15, -0.1) is 0 Å². The van der Waals surface area contributed by atoms with E-state index >= 15 is 0 Å². The number of rotatable bonds is 0. The Kier molecular flexibility index (Phi) is 3.07. The molecule has 0 spiro atoms. The summed E-state index contributed by atoms with van der Waals surface area (Å²) in [6.07, 6.45) is 0. The number of fused-ring (bicyclic) bond motifs is 1. The molecule has 1 aromatic carbocycles. The predicted molar refractivity (Wildman–Crippen MR) is 76.1 cm³/mol. The van der Waals surface area contributed by atoms with Crippen molar-refractivity contribution in [2.45, 2.75) is 33.1 Å². The van der Waals surface area contributed by atoms with E-state index < -0.39 is 0 Å². The minimum absolute atomic E-state index is 0.216. The second kappa shape index (κ2) is 4.25. The van der Waals surface area contributed by atoms with Crippen LogP contribution in [0.1, 0.15) is 33.3 Å². The van der Waals surface area contributed by atoms with Crippen LogP contribution in [-0.2, 0) is 5.41 Å². The van der Waals surface area contributed by atoms with Crippen molar-refractivity contribution < 1.29 is 0 Å². The minimum atomic E-state index is 0.216. The zero-order valence-electron chi connectivity index (χ0n) is 11.7. The highest BCUT2D eigenvalue weighted by Crippen LogP contribution is 2.33. The van der Waals surface area contributed by atoms with Crippen LogP contribution in [-0.4, -0.2) is 20.1 Å². The van der Waals surface area contributed by atoms with Gasteiger partial charge in [-0.05, 0) is 29.0 Å². The van der Waals surface area contributed by atoms with Gasteiger partial charge in [-0.3, -0.25) is 0 Å². The van der Waals surface area contributed by atoms with Crippen LogP contribution in [0.5, 0.6) is 0 Å². The van der Waals surface area contributed by atoms with E-state index in [9.17, 15) is 0 Å². The number of benzene rings is 1. The van der Waals surface area contributed by atoms with Gasteiger partial charge >= 0.3 is 0 Å². The highest BCUT2D eigenvalue weighted by Gasteiger charge is 2.20. The molecule has 2 nitrogen and oxygen atoms in total. The van der Waals surface area contributed by atoms with Crippen molar-refractivity contribution >= 4 is 11.4 Å². The second-order valence-corrected chi connectivity index (χ2v) is 6.35. The Labute approximate surface area is 105 Å². The fraction of sp³-hybridized carbons (Fsp3) is 0.600. The molecule has 0 saturated carbocycles. The molecule has 2 heteroatoms. The van der Waals surface area contributed by atoms with Crippen molar-refractivity contribution in [2.24, 2.45) is 5.92 Å². The molecule has 0 radical (unpaired) electrons. The van der Waals surface area contributed by atoms with Gasteiger partial charge in [-0.1, -0.05) is 33.8 Å². The van der Waals surface area contributed by atoms with Gasteiger partial charge in [0.15, 0.2) is 0 Å². The quantitative estimate of drug-likeness (QED) is 0.736. The maximum absolute atomic E-state index is 3.54. The SMILES string of the molecule is CC1CNc2ccc(C(C)(C)C)cc2N(C)C1. The molecule has 1 N–H and O–H groups in total. The summed E-state index contributed by atoms with van der Waals surface area (Å²) in [5.41, 5.74) is 4.22. The summed E-state index contributed by atoms with van der Waals surface area (Å²) in [6.45, 7) is 11.3. The van der Waals surface area contributed by atoms with Gasteiger partial charge in [0.05, 0.1) is 11.4 Å². The molecule has 1 atom stereocenters. The highest BCUT2D eigenvalue weighted by atomic mass is 15.1. The van der Waals surface area contributed by atoms with Crippen molar-refractivity contribution in [3.8, 4) is 0 Å². The number of anilines is 2. The third-order valence-electron chi connectivity index (χ3n) is 3.50. The predicted octanol–water partition coefficient (Wildman–Crippen LogP) is 3.48. The molecule has 0 amide bonds. The largest absolute Gasteiger partial charge is 0.383 e. The number of nitrogens with zero attached hydrogens (tertiary/aromatic N) is 1. The van der Waals surface area contributed by atoms with E-state index in [2.05, 4.69) is 63.2 Å². The van der Waals surface area contributed by atoms with E-state index in [1.54, 1.807) is 0 Å². The van der Waals surface area contributed by atoms with Gasteiger partial charge in [0.2, 0.25) is 0 Å². The van der Waals surface area contributed by atoms with E-state index in [0.717, 1.165) is 13.1 Å². The first-order valence-electron chi connectivity index (χ1n) is 6.47. The van der Waals surface area contributed by atoms with Crippen LogP contribution in [0.2, 0.25) is 0 Å². The molecule has 2 rings (SSSR count). The first-order chi connectivity index (χ1) is 7.88. The zero-order valence-corrected chi connectivity index (χ0v) is 11.7. The van der Waals surface area contributed by atoms with E-state index in [1.807, 2.05) is 0 Å². The molecule has 1 heterocycles. The van der Waals surface area contributed by atoms with Crippen LogP contribution in [0.15, 0.2) is 18.2 Å². The zero-order chi connectivity index (χ0) is 12.6. The summed E-state index contributed by atoms with van der Waals surface area (Å²) in [7, 11) is 2.19. The van der Waals surface area contributed by atoms with Crippen LogP contribution in [0.4, 0.5) is 11.4 Å². The van der Waals surface area contributed by atoms with Crippen LogP contribution < -0.4 is 10.2 Å². The Balaban J connectivity index is 2.41. The van der Waals surface area contributed by atoms with Gasteiger partial charge in [-0.2, -0.15) is 0 Å². The molecule has 17 heavy (non-hydrogen) atoms. The molecule has 1 aromatic rings. The Hall–Kier alpha value is -1.18. The molecule has 94 valence electrons. The van der Waals surface area contributed by atoms with E-state index in [1.165, 1.54) is 16.9 Å². The number of hydrogen-bond acceptors (Lipinski definition) is 2. The highest BCUT2D eigenvalue weighted by molar-refractivity contribution is 5.72. The smallest absolute Gasteiger partial charge is 0.0602 e. The lowest BCUT2D eigenvalue weighted by Crippen LogP contribution is -2.24. The summed E-state index contributed by atoms with van der Waals surface area (Å²) >= 11 is 0. The average Bonchev–Trinajstić information content (AvgIpc) is 2.37. The van der Waals surface area contributed by atoms with Crippen molar-refractivity contribution in [2.75, 3.05) is 30.4 Å². The summed E-state index contributed by atoms with van der Waals surface area (Å²) in [6, 6.07) is 6.81. The first kappa shape index (κ1) is 12.3. The Morgan fingerprint density at radius 2 is 2.00 bits per heavy atom. The van der Waals surface area contributed by atoms with Crippen LogP contribution in [0, 0.1) is 5.92 Å². The molecule has 0 fully saturated rings. The summed E-state index contributed by atoms with van der Waals surface area (Å²) in [5, 5.41) is 3.54. The lowest BCUT2D eigenvalue weighted by Gasteiger charge is -2.25. The molecule has 0 aliphatic carbocycles. The fourth-order valence-corrected chi connectivity index (χ4v) is 2.38. The van der Waals surface area contributed by atoms with Gasteiger partial charge in [0.1, 0.15) is 0 Å². The first-order valence-corrected chi connectivity index (χ1v) is 6.47. The fourth-order valence-electron chi connectivity index (χ4n) is 2.38. The van der Waals surface area contributed by atoms with Crippen LogP contribution in [0.3, 0.4) is 0 Å². The van der Waals surface area contributed by atoms with E-state index in [0.29, 0.717) is 5.92 Å². The molecule has 0 saturated heterocycles. The summed E-state index contributed by atoms with van der Waals surface area (Å²) in [4.78, 5) is 2.37. The van der Waals surface area contributed by atoms with Gasteiger partial charge < -0.3 is 10.2 Å². The Morgan fingerprint density at radius 1 is 1.29 bits per heavy atom. The Bertz CT molecular complexity index is 404. The molecule has 1 unspecified atom stereocenters. The van der Waals surface area contributed by atoms with Gasteiger partial charge in [0, 0.05) is 20.1 Å². The maximum Gasteiger partial charge on any atom is 0.0602 e. The van der Waals surface area contributed by atoms with Crippen molar-refractivity contribution in [1.29, 1.82) is 0 Å². The minimum Gasteiger partial charge on any atom is -0.383 e. The lowest BCUT2D eigenvalue weighted by atomic mass is 9.86. The Morgan fingerprint density at radius 3 is 2.65 bits per heavy atom. The molecule has 1 aliphatic rings. The number of nitrogens with one attached hydrogen (secondary N) is 1. The number of hydrogen-bond donors (Lipinski definition) is 1. The second-order valence-electron chi connectivity index (χ2n) is 6.35. The third kappa shape index (κ3) is 2.56. The van der Waals surface area contributed by atoms with Crippen molar-refractivity contribution in [3.63, 3.8) is 0 Å². The van der Waals surface area contributed by atoms with Crippen LogP contribution in [0.25, 0.3) is 0 Å². The van der Waals surface area contributed by atoms with Crippen molar-refractivity contribution in [3.05, 3.63) is 23.8 Å². The van der Waals surface area contributed by atoms with Gasteiger partial charge in [0.25, 0.3) is 0 Å². The molecular formula is C15H24N2.